The van der Waals surface area contributed by atoms with E-state index in [4.69, 9.17) is 5.73 Å². The van der Waals surface area contributed by atoms with E-state index in [1.54, 1.807) is 11.3 Å². The SMILES string of the molecule is Nc1nsc(NCCc2ccsc2)c1C1CC1. The molecule has 0 bridgehead atoms. The molecule has 0 unspecified atom stereocenters. The molecule has 5 heteroatoms. The molecule has 1 saturated carbocycles. The summed E-state index contributed by atoms with van der Waals surface area (Å²) in [7, 11) is 0. The van der Waals surface area contributed by atoms with Gasteiger partial charge in [-0.15, -0.1) is 0 Å². The molecule has 2 aromatic heterocycles. The van der Waals surface area contributed by atoms with Crippen LogP contribution in [0.1, 0.15) is 29.9 Å². The molecule has 0 atom stereocenters. The van der Waals surface area contributed by atoms with E-state index in [0.717, 1.165) is 18.8 Å². The monoisotopic (exact) mass is 265 g/mol. The summed E-state index contributed by atoms with van der Waals surface area (Å²) in [6.07, 6.45) is 3.59. The van der Waals surface area contributed by atoms with Gasteiger partial charge in [0.1, 0.15) is 10.8 Å². The fourth-order valence-corrected chi connectivity index (χ4v) is 3.49. The van der Waals surface area contributed by atoms with Crippen LogP contribution in [0.2, 0.25) is 0 Å². The van der Waals surface area contributed by atoms with Crippen LogP contribution in [-0.2, 0) is 6.42 Å². The molecular formula is C12H15N3S2. The average Bonchev–Trinajstić information content (AvgIpc) is 2.88. The minimum absolute atomic E-state index is 0.664. The number of aromatic nitrogens is 1. The lowest BCUT2D eigenvalue weighted by atomic mass is 10.2. The van der Waals surface area contributed by atoms with Crippen LogP contribution >= 0.6 is 22.9 Å². The van der Waals surface area contributed by atoms with E-state index < -0.39 is 0 Å². The summed E-state index contributed by atoms with van der Waals surface area (Å²) in [5.41, 5.74) is 8.57. The second-order valence-corrected chi connectivity index (χ2v) is 5.95. The number of anilines is 2. The Kier molecular flexibility index (Phi) is 3.03. The Morgan fingerprint density at radius 1 is 1.47 bits per heavy atom. The minimum Gasteiger partial charge on any atom is -0.383 e. The van der Waals surface area contributed by atoms with Gasteiger partial charge in [0.15, 0.2) is 0 Å². The van der Waals surface area contributed by atoms with E-state index >= 15 is 0 Å². The summed E-state index contributed by atoms with van der Waals surface area (Å²) in [4.78, 5) is 0. The number of rotatable bonds is 5. The predicted octanol–water partition coefficient (Wildman–Crippen LogP) is 3.32. The van der Waals surface area contributed by atoms with E-state index in [0.29, 0.717) is 5.92 Å². The van der Waals surface area contributed by atoms with Crippen LogP contribution in [0.4, 0.5) is 10.8 Å². The average molecular weight is 265 g/mol. The topological polar surface area (TPSA) is 50.9 Å². The minimum atomic E-state index is 0.664. The third-order valence-corrected chi connectivity index (χ3v) is 4.59. The molecule has 0 radical (unpaired) electrons. The van der Waals surface area contributed by atoms with Gasteiger partial charge >= 0.3 is 0 Å². The maximum atomic E-state index is 5.91. The van der Waals surface area contributed by atoms with E-state index in [2.05, 4.69) is 26.5 Å². The Bertz CT molecular complexity index is 486. The molecule has 1 aliphatic rings. The molecule has 1 aliphatic carbocycles. The first kappa shape index (κ1) is 11.0. The van der Waals surface area contributed by atoms with Crippen molar-refractivity contribution in [3.63, 3.8) is 0 Å². The largest absolute Gasteiger partial charge is 0.383 e. The number of nitrogens with one attached hydrogen (secondary N) is 1. The van der Waals surface area contributed by atoms with Crippen molar-refractivity contribution < 1.29 is 0 Å². The molecule has 0 aliphatic heterocycles. The smallest absolute Gasteiger partial charge is 0.142 e. The third kappa shape index (κ3) is 2.45. The summed E-state index contributed by atoms with van der Waals surface area (Å²) >= 11 is 3.25. The van der Waals surface area contributed by atoms with Crippen LogP contribution in [0.5, 0.6) is 0 Å². The molecule has 2 aromatic rings. The zero-order chi connectivity index (χ0) is 11.7. The van der Waals surface area contributed by atoms with Crippen LogP contribution in [0.3, 0.4) is 0 Å². The Morgan fingerprint density at radius 3 is 3.06 bits per heavy atom. The van der Waals surface area contributed by atoms with Gasteiger partial charge in [-0.1, -0.05) is 0 Å². The van der Waals surface area contributed by atoms with Crippen molar-refractivity contribution in [2.45, 2.75) is 25.2 Å². The van der Waals surface area contributed by atoms with Gasteiger partial charge < -0.3 is 11.1 Å². The number of nitrogen functional groups attached to an aromatic ring is 1. The number of thiophene rings is 1. The summed E-state index contributed by atoms with van der Waals surface area (Å²) in [6, 6.07) is 2.18. The Morgan fingerprint density at radius 2 is 2.35 bits per heavy atom. The summed E-state index contributed by atoms with van der Waals surface area (Å²) in [5.74, 6) is 1.40. The normalized spacial score (nSPS) is 15.1. The summed E-state index contributed by atoms with van der Waals surface area (Å²) < 4.78 is 4.25. The predicted molar refractivity (Wildman–Crippen MR) is 75.0 cm³/mol. The molecular weight excluding hydrogens is 250 g/mol. The zero-order valence-corrected chi connectivity index (χ0v) is 11.1. The van der Waals surface area contributed by atoms with Crippen LogP contribution in [0, 0.1) is 0 Å². The van der Waals surface area contributed by atoms with Crippen LogP contribution in [0.15, 0.2) is 16.8 Å². The molecule has 0 saturated heterocycles. The lowest BCUT2D eigenvalue weighted by Crippen LogP contribution is -2.04. The van der Waals surface area contributed by atoms with E-state index in [1.807, 2.05) is 0 Å². The number of nitrogens with two attached hydrogens (primary N) is 1. The highest BCUT2D eigenvalue weighted by atomic mass is 32.1. The van der Waals surface area contributed by atoms with Crippen molar-refractivity contribution in [2.24, 2.45) is 0 Å². The van der Waals surface area contributed by atoms with Crippen LogP contribution in [0.25, 0.3) is 0 Å². The first-order valence-corrected chi connectivity index (χ1v) is 7.56. The fraction of sp³-hybridized carbons (Fsp3) is 0.417. The summed E-state index contributed by atoms with van der Waals surface area (Å²) in [5, 5.41) is 8.97. The zero-order valence-electron chi connectivity index (χ0n) is 9.48. The molecule has 3 N–H and O–H groups in total. The number of nitrogens with zero attached hydrogens (tertiary/aromatic N) is 1. The number of hydrogen-bond acceptors (Lipinski definition) is 5. The van der Waals surface area contributed by atoms with Crippen molar-refractivity contribution >= 4 is 33.7 Å². The van der Waals surface area contributed by atoms with Crippen molar-refractivity contribution in [1.82, 2.24) is 4.37 Å². The first-order chi connectivity index (χ1) is 8.34. The van der Waals surface area contributed by atoms with Gasteiger partial charge in [0, 0.05) is 12.1 Å². The second-order valence-electron chi connectivity index (χ2n) is 4.39. The van der Waals surface area contributed by atoms with Gasteiger partial charge in [-0.25, -0.2) is 0 Å². The van der Waals surface area contributed by atoms with Crippen LogP contribution in [-0.4, -0.2) is 10.9 Å². The number of hydrogen-bond donors (Lipinski definition) is 2. The molecule has 17 heavy (non-hydrogen) atoms. The lowest BCUT2D eigenvalue weighted by Gasteiger charge is -2.05. The van der Waals surface area contributed by atoms with E-state index in [9.17, 15) is 0 Å². The highest BCUT2D eigenvalue weighted by Gasteiger charge is 2.30. The molecule has 0 aromatic carbocycles. The van der Waals surface area contributed by atoms with Crippen molar-refractivity contribution in [2.75, 3.05) is 17.6 Å². The lowest BCUT2D eigenvalue weighted by molar-refractivity contribution is 1.02. The van der Waals surface area contributed by atoms with Gasteiger partial charge in [0.25, 0.3) is 0 Å². The second kappa shape index (κ2) is 4.66. The highest BCUT2D eigenvalue weighted by Crippen LogP contribution is 2.47. The highest BCUT2D eigenvalue weighted by molar-refractivity contribution is 7.10. The molecule has 0 spiro atoms. The molecule has 90 valence electrons. The van der Waals surface area contributed by atoms with Gasteiger partial charge in [0.2, 0.25) is 0 Å². The standard InChI is InChI=1S/C12H15N3S2/c13-11-10(9-1-2-9)12(17-15-11)14-5-3-8-4-6-16-7-8/h4,6-7,9,14H,1-3,5H2,(H2,13,15). The third-order valence-electron chi connectivity index (χ3n) is 3.02. The van der Waals surface area contributed by atoms with Gasteiger partial charge in [-0.3, -0.25) is 0 Å². The first-order valence-electron chi connectivity index (χ1n) is 5.84. The van der Waals surface area contributed by atoms with Crippen molar-refractivity contribution in [3.8, 4) is 0 Å². The van der Waals surface area contributed by atoms with Crippen molar-refractivity contribution in [3.05, 3.63) is 28.0 Å². The van der Waals surface area contributed by atoms with Crippen LogP contribution < -0.4 is 11.1 Å². The maximum Gasteiger partial charge on any atom is 0.142 e. The van der Waals surface area contributed by atoms with Gasteiger partial charge in [-0.05, 0) is 59.1 Å². The Balaban J connectivity index is 1.61. The Labute approximate surface area is 109 Å². The Hall–Kier alpha value is -1.07. The molecule has 2 heterocycles. The van der Waals surface area contributed by atoms with Crippen molar-refractivity contribution in [1.29, 1.82) is 0 Å². The van der Waals surface area contributed by atoms with Gasteiger partial charge in [0.05, 0.1) is 0 Å². The molecule has 3 nitrogen and oxygen atoms in total. The van der Waals surface area contributed by atoms with E-state index in [-0.39, 0.29) is 0 Å². The maximum absolute atomic E-state index is 5.91. The molecule has 3 rings (SSSR count). The summed E-state index contributed by atoms with van der Waals surface area (Å²) in [6.45, 7) is 0.956. The molecule has 0 amide bonds. The van der Waals surface area contributed by atoms with Gasteiger partial charge in [-0.2, -0.15) is 15.7 Å². The van der Waals surface area contributed by atoms with E-state index in [1.165, 1.54) is 40.5 Å². The molecule has 1 fully saturated rings. The quantitative estimate of drug-likeness (QED) is 0.872. The fourth-order valence-electron chi connectivity index (χ4n) is 1.96.